The number of benzene rings is 3. The summed E-state index contributed by atoms with van der Waals surface area (Å²) >= 11 is 0. The number of methoxy groups -OCH3 is 4. The Balaban J connectivity index is 0.939. The third-order valence-electron chi connectivity index (χ3n) is 9.86. The Kier molecular flexibility index (Phi) is 11.8. The van der Waals surface area contributed by atoms with Gasteiger partial charge in [-0.1, -0.05) is 12.1 Å². The molecule has 3 aliphatic heterocycles. The van der Waals surface area contributed by atoms with Crippen LogP contribution in [0.2, 0.25) is 0 Å². The lowest BCUT2D eigenvalue weighted by molar-refractivity contribution is 0.0635. The van der Waals surface area contributed by atoms with Crippen molar-refractivity contribution in [2.45, 2.75) is 44.7 Å². The molecule has 1 atom stereocenters. The zero-order valence-electron chi connectivity index (χ0n) is 30.1. The quantitative estimate of drug-likeness (QED) is 0.201. The molecule has 0 aliphatic carbocycles. The first-order chi connectivity index (χ1) is 24.9. The number of amides is 2. The molecule has 6 rings (SSSR count). The van der Waals surface area contributed by atoms with Gasteiger partial charge in [-0.2, -0.15) is 0 Å². The molecule has 3 heterocycles. The molecule has 3 aromatic rings. The first kappa shape index (κ1) is 35.8. The minimum Gasteiger partial charge on any atom is -0.493 e. The largest absolute Gasteiger partial charge is 0.493 e. The Morgan fingerprint density at radius 2 is 1.59 bits per heavy atom. The summed E-state index contributed by atoms with van der Waals surface area (Å²) in [7, 11) is 6.37. The van der Waals surface area contributed by atoms with E-state index in [0.29, 0.717) is 71.8 Å². The molecule has 0 radical (unpaired) electrons. The van der Waals surface area contributed by atoms with Crippen LogP contribution in [0.4, 0.5) is 11.4 Å². The Labute approximate surface area is 300 Å². The minimum absolute atomic E-state index is 0.00553. The van der Waals surface area contributed by atoms with E-state index in [1.165, 1.54) is 0 Å². The number of aliphatic imine (C=N–C) groups is 1. The van der Waals surface area contributed by atoms with E-state index in [4.69, 9.17) is 23.7 Å². The van der Waals surface area contributed by atoms with Gasteiger partial charge in [0.2, 0.25) is 5.75 Å². The van der Waals surface area contributed by atoms with Gasteiger partial charge >= 0.3 is 0 Å². The van der Waals surface area contributed by atoms with E-state index in [-0.39, 0.29) is 17.9 Å². The maximum Gasteiger partial charge on any atom is 0.256 e. The van der Waals surface area contributed by atoms with Gasteiger partial charge in [0.05, 0.1) is 57.9 Å². The van der Waals surface area contributed by atoms with Crippen LogP contribution in [0.5, 0.6) is 28.7 Å². The van der Waals surface area contributed by atoms with E-state index in [9.17, 15) is 9.59 Å². The second kappa shape index (κ2) is 16.8. The number of carbonyl (C=O) groups is 2. The van der Waals surface area contributed by atoms with Gasteiger partial charge in [0.15, 0.2) is 23.0 Å². The van der Waals surface area contributed by atoms with Crippen molar-refractivity contribution in [2.75, 3.05) is 79.6 Å². The Hall–Kier alpha value is -4.97. The van der Waals surface area contributed by atoms with Crippen molar-refractivity contribution in [1.82, 2.24) is 14.7 Å². The molecule has 12 heteroatoms. The predicted octanol–water partition coefficient (Wildman–Crippen LogP) is 5.66. The number of carbonyl (C=O) groups excluding carboxylic acids is 2. The number of hydrogen-bond donors (Lipinski definition) is 1. The van der Waals surface area contributed by atoms with Crippen LogP contribution >= 0.6 is 0 Å². The van der Waals surface area contributed by atoms with Crippen LogP contribution in [0.1, 0.15) is 58.4 Å². The number of nitrogens with zero attached hydrogens (tertiary/aromatic N) is 4. The number of ether oxygens (including phenoxy) is 5. The number of unbranched alkanes of at least 4 members (excludes halogenated alkanes) is 2. The monoisotopic (exact) mass is 699 g/mol. The molecule has 0 unspecified atom stereocenters. The average Bonchev–Trinajstić information content (AvgIpc) is 3.61. The third kappa shape index (κ3) is 8.17. The molecule has 3 aromatic carbocycles. The molecule has 272 valence electrons. The standard InChI is InChI=1S/C39H49N5O7/c1-47-33-23-30-32(41-26-28-11-10-15-44(28)39(30)46)24-34(33)51-20-9-5-8-14-42-16-18-43(19-17-42)38(45)29-12-6-7-13-31(29)40-25-27-21-35(48-2)37(50-4)36(22-27)49-3/h6-7,12-13,21-24,26,28,40H,5,8-11,14-20,25H2,1-4H3/t28-/m0/s1. The van der Waals surface area contributed by atoms with Crippen molar-refractivity contribution in [3.63, 3.8) is 0 Å². The van der Waals surface area contributed by atoms with Gasteiger partial charge < -0.3 is 38.8 Å². The number of fused-ring (bicyclic) bond motifs is 2. The maximum absolute atomic E-state index is 13.6. The molecule has 1 N–H and O–H groups in total. The van der Waals surface area contributed by atoms with Crippen molar-refractivity contribution < 1.29 is 33.3 Å². The Bertz CT molecular complexity index is 1700. The summed E-state index contributed by atoms with van der Waals surface area (Å²) in [5.74, 6) is 2.92. The second-order valence-corrected chi connectivity index (χ2v) is 13.0. The summed E-state index contributed by atoms with van der Waals surface area (Å²) < 4.78 is 28.1. The molecular weight excluding hydrogens is 650 g/mol. The topological polar surface area (TPSA) is 114 Å². The lowest BCUT2D eigenvalue weighted by Gasteiger charge is -2.35. The highest BCUT2D eigenvalue weighted by Gasteiger charge is 2.32. The zero-order chi connectivity index (χ0) is 35.7. The van der Waals surface area contributed by atoms with Gasteiger partial charge in [-0.25, -0.2) is 0 Å². The van der Waals surface area contributed by atoms with E-state index >= 15 is 0 Å². The highest BCUT2D eigenvalue weighted by molar-refractivity contribution is 6.03. The van der Waals surface area contributed by atoms with Crippen molar-refractivity contribution in [1.29, 1.82) is 0 Å². The molecule has 0 bridgehead atoms. The van der Waals surface area contributed by atoms with E-state index < -0.39 is 0 Å². The lowest BCUT2D eigenvalue weighted by Crippen LogP contribution is -2.48. The number of anilines is 1. The molecule has 2 fully saturated rings. The Morgan fingerprint density at radius 3 is 2.31 bits per heavy atom. The molecule has 3 aliphatic rings. The predicted molar refractivity (Wildman–Crippen MR) is 197 cm³/mol. The summed E-state index contributed by atoms with van der Waals surface area (Å²) in [6.07, 6.45) is 6.80. The third-order valence-corrected chi connectivity index (χ3v) is 9.86. The molecule has 2 saturated heterocycles. The number of nitrogens with one attached hydrogen (secondary N) is 1. The second-order valence-electron chi connectivity index (χ2n) is 13.0. The first-order valence-corrected chi connectivity index (χ1v) is 17.8. The molecule has 0 spiro atoms. The average molecular weight is 700 g/mol. The summed E-state index contributed by atoms with van der Waals surface area (Å²) in [6.45, 7) is 5.82. The zero-order valence-corrected chi connectivity index (χ0v) is 30.1. The molecule has 0 aromatic heterocycles. The van der Waals surface area contributed by atoms with Gasteiger partial charge in [0.1, 0.15) is 0 Å². The van der Waals surface area contributed by atoms with E-state index in [1.807, 2.05) is 58.5 Å². The van der Waals surface area contributed by atoms with Crippen LogP contribution < -0.4 is 29.0 Å². The highest BCUT2D eigenvalue weighted by atomic mass is 16.5. The van der Waals surface area contributed by atoms with Crippen LogP contribution in [-0.4, -0.2) is 113 Å². The van der Waals surface area contributed by atoms with Crippen LogP contribution in [0.25, 0.3) is 0 Å². The lowest BCUT2D eigenvalue weighted by atomic mass is 10.1. The number of para-hydroxylation sites is 1. The fraction of sp³-hybridized carbons (Fsp3) is 0.462. The van der Waals surface area contributed by atoms with E-state index in [1.54, 1.807) is 34.5 Å². The highest BCUT2D eigenvalue weighted by Crippen LogP contribution is 2.39. The summed E-state index contributed by atoms with van der Waals surface area (Å²) in [4.78, 5) is 37.7. The van der Waals surface area contributed by atoms with Gasteiger partial charge in [-0.05, 0) is 74.5 Å². The SMILES string of the molecule is COc1cc2c(cc1OCCCCCN1CCN(C(=O)c3ccccc3NCc3cc(OC)c(OC)c(OC)c3)CC1)N=C[C@@H]1CCCN1C2=O. The summed E-state index contributed by atoms with van der Waals surface area (Å²) in [5, 5.41) is 3.44. The Morgan fingerprint density at radius 1 is 0.843 bits per heavy atom. The summed E-state index contributed by atoms with van der Waals surface area (Å²) in [6, 6.07) is 15.1. The fourth-order valence-electron chi connectivity index (χ4n) is 7.02. The van der Waals surface area contributed by atoms with Crippen molar-refractivity contribution in [2.24, 2.45) is 4.99 Å². The number of hydrogen-bond acceptors (Lipinski definition) is 10. The van der Waals surface area contributed by atoms with Gasteiger partial charge in [-0.15, -0.1) is 0 Å². The molecule has 2 amide bonds. The van der Waals surface area contributed by atoms with Crippen LogP contribution in [0.3, 0.4) is 0 Å². The summed E-state index contributed by atoms with van der Waals surface area (Å²) in [5.41, 5.74) is 3.58. The number of rotatable bonds is 15. The van der Waals surface area contributed by atoms with Crippen LogP contribution in [0, 0.1) is 0 Å². The van der Waals surface area contributed by atoms with Crippen LogP contribution in [-0.2, 0) is 6.54 Å². The van der Waals surface area contributed by atoms with E-state index in [2.05, 4.69) is 15.2 Å². The first-order valence-electron chi connectivity index (χ1n) is 17.8. The minimum atomic E-state index is 0.00553. The van der Waals surface area contributed by atoms with Gasteiger partial charge in [0.25, 0.3) is 11.8 Å². The molecule has 0 saturated carbocycles. The van der Waals surface area contributed by atoms with Crippen LogP contribution in [0.15, 0.2) is 53.5 Å². The van der Waals surface area contributed by atoms with Crippen molar-refractivity contribution in [3.8, 4) is 28.7 Å². The van der Waals surface area contributed by atoms with Gasteiger partial charge in [-0.3, -0.25) is 19.5 Å². The maximum atomic E-state index is 13.6. The normalized spacial score (nSPS) is 17.0. The van der Waals surface area contributed by atoms with Crippen molar-refractivity contribution >= 4 is 29.4 Å². The van der Waals surface area contributed by atoms with Gasteiger partial charge in [0, 0.05) is 57.2 Å². The molecular formula is C39H49N5O7. The molecule has 51 heavy (non-hydrogen) atoms. The smallest absolute Gasteiger partial charge is 0.256 e. The number of piperazine rings is 1. The van der Waals surface area contributed by atoms with E-state index in [0.717, 1.165) is 69.5 Å². The fourth-order valence-corrected chi connectivity index (χ4v) is 7.02. The van der Waals surface area contributed by atoms with Crippen molar-refractivity contribution in [3.05, 3.63) is 65.2 Å². The molecule has 12 nitrogen and oxygen atoms in total.